The van der Waals surface area contributed by atoms with Gasteiger partial charge in [0.05, 0.1) is 17.3 Å². The number of H-pyrrole nitrogens is 1. The number of para-hydroxylation sites is 1. The average Bonchev–Trinajstić information content (AvgIpc) is 2.75. The minimum atomic E-state index is -0.493. The van der Waals surface area contributed by atoms with Gasteiger partial charge in [-0.2, -0.15) is 0 Å². The van der Waals surface area contributed by atoms with Crippen molar-refractivity contribution in [3.05, 3.63) is 75.3 Å². The SMILES string of the molecule is O=C(CCc1nc2ccccc2c(=O)[nH]1)OCC(=O)c1ccc2c(c1)CCCC2. The van der Waals surface area contributed by atoms with E-state index in [1.54, 1.807) is 24.3 Å². The molecular formula is C23H22N2O4. The molecule has 0 saturated heterocycles. The van der Waals surface area contributed by atoms with E-state index in [1.165, 1.54) is 17.5 Å². The number of aromatic amines is 1. The van der Waals surface area contributed by atoms with Gasteiger partial charge in [-0.1, -0.05) is 24.3 Å². The Balaban J connectivity index is 1.32. The number of carbonyl (C=O) groups is 2. The van der Waals surface area contributed by atoms with Crippen LogP contribution in [0.4, 0.5) is 0 Å². The van der Waals surface area contributed by atoms with Crippen molar-refractivity contribution in [3.8, 4) is 0 Å². The van der Waals surface area contributed by atoms with Crippen molar-refractivity contribution in [2.24, 2.45) is 0 Å². The molecule has 0 fully saturated rings. The second-order valence-corrected chi connectivity index (χ2v) is 7.30. The fourth-order valence-corrected chi connectivity index (χ4v) is 3.68. The van der Waals surface area contributed by atoms with E-state index >= 15 is 0 Å². The molecule has 3 aromatic rings. The Morgan fingerprint density at radius 1 is 1.03 bits per heavy atom. The molecule has 1 heterocycles. The summed E-state index contributed by atoms with van der Waals surface area (Å²) in [5.41, 5.74) is 3.46. The highest BCUT2D eigenvalue weighted by Crippen LogP contribution is 2.22. The molecule has 4 rings (SSSR count). The number of rotatable bonds is 6. The molecule has 0 spiro atoms. The third-order valence-electron chi connectivity index (χ3n) is 5.26. The van der Waals surface area contributed by atoms with Crippen molar-refractivity contribution < 1.29 is 14.3 Å². The molecule has 0 amide bonds. The van der Waals surface area contributed by atoms with E-state index in [-0.39, 0.29) is 30.8 Å². The van der Waals surface area contributed by atoms with Crippen LogP contribution >= 0.6 is 0 Å². The van der Waals surface area contributed by atoms with Gasteiger partial charge in [-0.3, -0.25) is 14.4 Å². The van der Waals surface area contributed by atoms with Gasteiger partial charge in [-0.05, 0) is 55.0 Å². The van der Waals surface area contributed by atoms with Crippen LogP contribution in [0.3, 0.4) is 0 Å². The molecule has 0 radical (unpaired) electrons. The van der Waals surface area contributed by atoms with Gasteiger partial charge in [0.15, 0.2) is 12.4 Å². The first-order chi connectivity index (χ1) is 14.1. The molecule has 1 aliphatic carbocycles. The highest BCUT2D eigenvalue weighted by atomic mass is 16.5. The number of hydrogen-bond donors (Lipinski definition) is 1. The van der Waals surface area contributed by atoms with E-state index in [2.05, 4.69) is 9.97 Å². The van der Waals surface area contributed by atoms with Crippen LogP contribution in [-0.4, -0.2) is 28.3 Å². The Morgan fingerprint density at radius 2 is 1.83 bits per heavy atom. The number of ether oxygens (including phenoxy) is 1. The number of esters is 1. The molecule has 0 aliphatic heterocycles. The van der Waals surface area contributed by atoms with Gasteiger partial charge in [0.1, 0.15) is 5.82 Å². The zero-order valence-corrected chi connectivity index (χ0v) is 16.1. The molecule has 148 valence electrons. The largest absolute Gasteiger partial charge is 0.457 e. The van der Waals surface area contributed by atoms with Crippen LogP contribution in [0.2, 0.25) is 0 Å². The van der Waals surface area contributed by atoms with Crippen molar-refractivity contribution >= 4 is 22.7 Å². The maximum atomic E-state index is 12.4. The third-order valence-corrected chi connectivity index (χ3v) is 5.26. The minimum absolute atomic E-state index is 0.0404. The van der Waals surface area contributed by atoms with Crippen molar-refractivity contribution in [1.29, 1.82) is 0 Å². The molecule has 0 atom stereocenters. The van der Waals surface area contributed by atoms with Gasteiger partial charge in [-0.25, -0.2) is 4.98 Å². The number of carbonyl (C=O) groups excluding carboxylic acids is 2. The number of benzene rings is 2. The summed E-state index contributed by atoms with van der Waals surface area (Å²) in [6, 6.07) is 12.8. The Morgan fingerprint density at radius 3 is 2.69 bits per heavy atom. The molecular weight excluding hydrogens is 368 g/mol. The van der Waals surface area contributed by atoms with Crippen molar-refractivity contribution in [1.82, 2.24) is 9.97 Å². The lowest BCUT2D eigenvalue weighted by Crippen LogP contribution is -2.17. The predicted molar refractivity (Wildman–Crippen MR) is 109 cm³/mol. The topological polar surface area (TPSA) is 89.1 Å². The van der Waals surface area contributed by atoms with E-state index in [4.69, 9.17) is 4.74 Å². The number of aryl methyl sites for hydroxylation is 3. The molecule has 29 heavy (non-hydrogen) atoms. The summed E-state index contributed by atoms with van der Waals surface area (Å²) < 4.78 is 5.13. The van der Waals surface area contributed by atoms with E-state index < -0.39 is 5.97 Å². The van der Waals surface area contributed by atoms with Crippen LogP contribution in [0.1, 0.15) is 46.6 Å². The van der Waals surface area contributed by atoms with E-state index in [0.29, 0.717) is 22.3 Å². The Hall–Kier alpha value is -3.28. The van der Waals surface area contributed by atoms with Crippen LogP contribution in [0.5, 0.6) is 0 Å². The van der Waals surface area contributed by atoms with Gasteiger partial charge in [0.25, 0.3) is 5.56 Å². The highest BCUT2D eigenvalue weighted by molar-refractivity contribution is 5.98. The summed E-state index contributed by atoms with van der Waals surface area (Å²) in [4.78, 5) is 43.5. The summed E-state index contributed by atoms with van der Waals surface area (Å²) >= 11 is 0. The number of aromatic nitrogens is 2. The van der Waals surface area contributed by atoms with E-state index in [1.807, 2.05) is 18.2 Å². The quantitative estimate of drug-likeness (QED) is 0.516. The van der Waals surface area contributed by atoms with Gasteiger partial charge < -0.3 is 9.72 Å². The second kappa shape index (κ2) is 8.39. The fraction of sp³-hybridized carbons (Fsp3) is 0.304. The van der Waals surface area contributed by atoms with Crippen LogP contribution in [0.15, 0.2) is 47.3 Å². The lowest BCUT2D eigenvalue weighted by molar-refractivity contribution is -0.142. The average molecular weight is 390 g/mol. The smallest absolute Gasteiger partial charge is 0.306 e. The second-order valence-electron chi connectivity index (χ2n) is 7.30. The van der Waals surface area contributed by atoms with Gasteiger partial charge >= 0.3 is 5.97 Å². The predicted octanol–water partition coefficient (Wildman–Crippen LogP) is 3.16. The maximum Gasteiger partial charge on any atom is 0.306 e. The fourth-order valence-electron chi connectivity index (χ4n) is 3.68. The number of nitrogens with zero attached hydrogens (tertiary/aromatic N) is 1. The summed E-state index contributed by atoms with van der Waals surface area (Å²) in [7, 11) is 0. The molecule has 2 aromatic carbocycles. The van der Waals surface area contributed by atoms with Crippen molar-refractivity contribution in [3.63, 3.8) is 0 Å². The lowest BCUT2D eigenvalue weighted by atomic mass is 9.90. The minimum Gasteiger partial charge on any atom is -0.457 e. The molecule has 1 aromatic heterocycles. The van der Waals surface area contributed by atoms with Crippen LogP contribution in [0, 0.1) is 0 Å². The first-order valence-corrected chi connectivity index (χ1v) is 9.89. The molecule has 0 bridgehead atoms. The van der Waals surface area contributed by atoms with Gasteiger partial charge in [-0.15, -0.1) is 0 Å². The maximum absolute atomic E-state index is 12.4. The van der Waals surface area contributed by atoms with Gasteiger partial charge in [0.2, 0.25) is 0 Å². The Kier molecular flexibility index (Phi) is 5.51. The molecule has 6 nitrogen and oxygen atoms in total. The molecule has 0 unspecified atom stereocenters. The van der Waals surface area contributed by atoms with Crippen LogP contribution in [0.25, 0.3) is 10.9 Å². The van der Waals surface area contributed by atoms with Crippen LogP contribution < -0.4 is 5.56 Å². The number of ketones is 1. The molecule has 0 saturated carbocycles. The molecule has 1 N–H and O–H groups in total. The zero-order chi connectivity index (χ0) is 20.2. The summed E-state index contributed by atoms with van der Waals surface area (Å²) in [6.07, 6.45) is 4.67. The monoisotopic (exact) mass is 390 g/mol. The van der Waals surface area contributed by atoms with E-state index in [0.717, 1.165) is 19.3 Å². The number of hydrogen-bond acceptors (Lipinski definition) is 5. The first kappa shape index (κ1) is 19.1. The van der Waals surface area contributed by atoms with Crippen molar-refractivity contribution in [2.75, 3.05) is 6.61 Å². The standard InChI is InChI=1S/C23H22N2O4/c26-20(17-10-9-15-5-1-2-6-16(15)13-17)14-29-22(27)12-11-21-24-19-8-4-3-7-18(19)23(28)25-21/h3-4,7-10,13H,1-2,5-6,11-12,14H2,(H,24,25,28). The normalized spacial score (nSPS) is 13.1. The zero-order valence-electron chi connectivity index (χ0n) is 16.1. The lowest BCUT2D eigenvalue weighted by Gasteiger charge is -2.16. The number of Topliss-reactive ketones (excluding diaryl/α,β-unsaturated/α-hetero) is 1. The Bertz CT molecular complexity index is 1130. The highest BCUT2D eigenvalue weighted by Gasteiger charge is 2.15. The van der Waals surface area contributed by atoms with Crippen LogP contribution in [-0.2, 0) is 28.8 Å². The number of nitrogens with one attached hydrogen (secondary N) is 1. The van der Waals surface area contributed by atoms with Gasteiger partial charge in [0, 0.05) is 12.0 Å². The first-order valence-electron chi connectivity index (χ1n) is 9.89. The molecule has 1 aliphatic rings. The summed E-state index contributed by atoms with van der Waals surface area (Å²) in [5.74, 6) is -0.275. The number of fused-ring (bicyclic) bond motifs is 2. The van der Waals surface area contributed by atoms with Crippen molar-refractivity contribution in [2.45, 2.75) is 38.5 Å². The molecule has 6 heteroatoms. The summed E-state index contributed by atoms with van der Waals surface area (Å²) in [6.45, 7) is -0.278. The summed E-state index contributed by atoms with van der Waals surface area (Å²) in [5, 5.41) is 0.509. The Labute approximate surface area is 167 Å². The van der Waals surface area contributed by atoms with E-state index in [9.17, 15) is 14.4 Å². The third kappa shape index (κ3) is 4.42.